The molecular formula is C44H78N2O7. The minimum absolute atomic E-state index is 0.0589. The molecule has 0 aromatic rings. The van der Waals surface area contributed by atoms with Crippen LogP contribution < -0.4 is 5.73 Å². The molecule has 306 valence electrons. The van der Waals surface area contributed by atoms with E-state index < -0.39 is 11.9 Å². The molecule has 4 rings (SSSR count). The summed E-state index contributed by atoms with van der Waals surface area (Å²) in [5, 5.41) is 24.0. The van der Waals surface area contributed by atoms with Crippen molar-refractivity contribution in [3.63, 3.8) is 0 Å². The molecule has 14 unspecified atom stereocenters. The van der Waals surface area contributed by atoms with Gasteiger partial charge in [-0.25, -0.2) is 0 Å². The molecule has 14 atom stereocenters. The lowest BCUT2D eigenvalue weighted by Crippen LogP contribution is -2.58. The van der Waals surface area contributed by atoms with Gasteiger partial charge in [-0.15, -0.1) is 6.58 Å². The Hall–Kier alpha value is -1.14. The number of ether oxygens (including phenoxy) is 5. The predicted octanol–water partition coefficient (Wildman–Crippen LogP) is 7.19. The van der Waals surface area contributed by atoms with E-state index in [0.717, 1.165) is 77.3 Å². The standard InChI is InChI=1S/C44H78N2O7/c1-10-13-34-16-18-38(47)33(6)42(31(4)25-35-15-17-37(45)39(27-35)49-7)52-28-36-14-11-12-20-46(36)21-19-44(48)32(5)26-41(51-9)43(53-44)40(50-8)24-30(3)22-29(2)23-34/h10,23,25,30,32-43,47-48H,1,11-22,24,26-28,45H2,2-9H3. The van der Waals surface area contributed by atoms with Crippen molar-refractivity contribution in [3.05, 3.63) is 36.0 Å². The van der Waals surface area contributed by atoms with Crippen molar-refractivity contribution in [1.82, 2.24) is 4.90 Å². The first-order valence-electron chi connectivity index (χ1n) is 21.1. The fourth-order valence-corrected chi connectivity index (χ4v) is 9.97. The number of hydrogen-bond donors (Lipinski definition) is 3. The van der Waals surface area contributed by atoms with E-state index in [1.807, 2.05) is 6.08 Å². The first-order valence-corrected chi connectivity index (χ1v) is 21.1. The molecule has 2 saturated heterocycles. The quantitative estimate of drug-likeness (QED) is 0.233. The van der Waals surface area contributed by atoms with Gasteiger partial charge in [-0.2, -0.15) is 0 Å². The average Bonchev–Trinajstić information content (AvgIpc) is 3.13. The second kappa shape index (κ2) is 21.4. The molecule has 0 radical (unpaired) electrons. The molecule has 3 aliphatic heterocycles. The lowest BCUT2D eigenvalue weighted by Gasteiger charge is -2.48. The van der Waals surface area contributed by atoms with Gasteiger partial charge >= 0.3 is 0 Å². The van der Waals surface area contributed by atoms with Crippen molar-refractivity contribution >= 4 is 0 Å². The van der Waals surface area contributed by atoms with Crippen molar-refractivity contribution < 1.29 is 33.9 Å². The van der Waals surface area contributed by atoms with Gasteiger partial charge < -0.3 is 39.6 Å². The van der Waals surface area contributed by atoms with Crippen molar-refractivity contribution in [2.75, 3.05) is 41.0 Å². The van der Waals surface area contributed by atoms with Crippen molar-refractivity contribution in [1.29, 1.82) is 0 Å². The number of nitrogens with two attached hydrogens (primary N) is 1. The first-order chi connectivity index (χ1) is 25.3. The van der Waals surface area contributed by atoms with E-state index in [0.29, 0.717) is 43.6 Å². The number of nitrogens with zero attached hydrogens (tertiary/aromatic N) is 1. The summed E-state index contributed by atoms with van der Waals surface area (Å²) in [5.41, 5.74) is 8.90. The summed E-state index contributed by atoms with van der Waals surface area (Å²) in [7, 11) is 5.26. The predicted molar refractivity (Wildman–Crippen MR) is 214 cm³/mol. The van der Waals surface area contributed by atoms with E-state index in [4.69, 9.17) is 29.4 Å². The highest BCUT2D eigenvalue weighted by atomic mass is 16.7. The van der Waals surface area contributed by atoms with Crippen LogP contribution >= 0.6 is 0 Å². The van der Waals surface area contributed by atoms with Crippen LogP contribution in [0.25, 0.3) is 0 Å². The van der Waals surface area contributed by atoms with Crippen LogP contribution in [0.3, 0.4) is 0 Å². The van der Waals surface area contributed by atoms with Crippen molar-refractivity contribution in [3.8, 4) is 0 Å². The second-order valence-corrected chi connectivity index (χ2v) is 17.6. The van der Waals surface area contributed by atoms with Crippen molar-refractivity contribution in [2.24, 2.45) is 35.3 Å². The van der Waals surface area contributed by atoms with Crippen LogP contribution in [0.15, 0.2) is 36.0 Å². The second-order valence-electron chi connectivity index (χ2n) is 17.6. The highest BCUT2D eigenvalue weighted by molar-refractivity contribution is 5.12. The summed E-state index contributed by atoms with van der Waals surface area (Å²) in [6, 6.07) is 0.303. The molecule has 0 aromatic carbocycles. The molecule has 9 nitrogen and oxygen atoms in total. The third-order valence-electron chi connectivity index (χ3n) is 13.4. The van der Waals surface area contributed by atoms with Crippen LogP contribution in [-0.2, 0) is 23.7 Å². The Kier molecular flexibility index (Phi) is 18.0. The fraction of sp³-hybridized carbons (Fsp3) is 0.864. The highest BCUT2D eigenvalue weighted by Crippen LogP contribution is 2.40. The summed E-state index contributed by atoms with van der Waals surface area (Å²) in [4.78, 5) is 2.50. The molecular weight excluding hydrogens is 668 g/mol. The molecule has 4 aliphatic rings. The van der Waals surface area contributed by atoms with Crippen LogP contribution in [0.1, 0.15) is 118 Å². The van der Waals surface area contributed by atoms with Gasteiger partial charge in [-0.05, 0) is 114 Å². The van der Waals surface area contributed by atoms with Crippen LogP contribution in [0.2, 0.25) is 0 Å². The lowest BCUT2D eigenvalue weighted by molar-refractivity contribution is -0.324. The van der Waals surface area contributed by atoms with Gasteiger partial charge in [-0.1, -0.05) is 51.0 Å². The average molecular weight is 747 g/mol. The van der Waals surface area contributed by atoms with Gasteiger partial charge in [0, 0.05) is 58.2 Å². The molecule has 2 bridgehead atoms. The zero-order valence-corrected chi connectivity index (χ0v) is 34.7. The topological polar surface area (TPSA) is 116 Å². The SMILES string of the molecule is C=CCC1C=C(C)CC(C)CC(OC)C2OC(O)(CCN3CCCCC3COC(C(C)=CC3CCC(N)C(OC)C3)C(C)C(O)CC1)C(C)CC2OC. The maximum Gasteiger partial charge on any atom is 0.169 e. The van der Waals surface area contributed by atoms with E-state index in [9.17, 15) is 10.2 Å². The summed E-state index contributed by atoms with van der Waals surface area (Å²) < 4.78 is 31.6. The van der Waals surface area contributed by atoms with Gasteiger partial charge in [0.2, 0.25) is 0 Å². The van der Waals surface area contributed by atoms with Crippen LogP contribution in [0.5, 0.6) is 0 Å². The van der Waals surface area contributed by atoms with Crippen LogP contribution in [0, 0.1) is 29.6 Å². The maximum atomic E-state index is 12.2. The molecule has 9 heteroatoms. The minimum Gasteiger partial charge on any atom is -0.393 e. The number of fused-ring (bicyclic) bond motifs is 3. The Morgan fingerprint density at radius 2 is 1.70 bits per heavy atom. The molecule has 3 fully saturated rings. The Bertz CT molecular complexity index is 1160. The number of aliphatic hydroxyl groups excluding tert-OH is 1. The molecule has 53 heavy (non-hydrogen) atoms. The van der Waals surface area contributed by atoms with Crippen LogP contribution in [0.4, 0.5) is 0 Å². The molecule has 0 amide bonds. The van der Waals surface area contributed by atoms with E-state index in [2.05, 4.69) is 58.2 Å². The summed E-state index contributed by atoms with van der Waals surface area (Å²) >= 11 is 0. The Balaban J connectivity index is 1.64. The van der Waals surface area contributed by atoms with E-state index >= 15 is 0 Å². The first kappa shape index (κ1) is 44.6. The third kappa shape index (κ3) is 12.4. The Labute approximate surface area is 323 Å². The number of methoxy groups -OCH3 is 3. The Morgan fingerprint density at radius 1 is 0.981 bits per heavy atom. The van der Waals surface area contributed by atoms with Gasteiger partial charge in [0.1, 0.15) is 6.10 Å². The molecule has 0 spiro atoms. The summed E-state index contributed by atoms with van der Waals surface area (Å²) in [5.74, 6) is -0.432. The molecule has 0 aromatic heterocycles. The summed E-state index contributed by atoms with van der Waals surface area (Å²) in [6.45, 7) is 17.3. The number of hydrogen-bond acceptors (Lipinski definition) is 9. The van der Waals surface area contributed by atoms with Gasteiger partial charge in [-0.3, -0.25) is 4.90 Å². The van der Waals surface area contributed by atoms with Gasteiger partial charge in [0.15, 0.2) is 5.79 Å². The molecule has 4 N–H and O–H groups in total. The maximum absolute atomic E-state index is 12.2. The minimum atomic E-state index is -1.28. The number of rotatable bonds is 7. The largest absolute Gasteiger partial charge is 0.393 e. The number of allylic oxidation sites excluding steroid dienone is 4. The number of aliphatic hydroxyl groups is 2. The zero-order valence-electron chi connectivity index (χ0n) is 34.7. The monoisotopic (exact) mass is 747 g/mol. The van der Waals surface area contributed by atoms with Gasteiger partial charge in [0.25, 0.3) is 0 Å². The summed E-state index contributed by atoms with van der Waals surface area (Å²) in [6.07, 6.45) is 17.0. The number of piperidine rings is 1. The van der Waals surface area contributed by atoms with Gasteiger partial charge in [0.05, 0.1) is 37.1 Å². The zero-order chi connectivity index (χ0) is 38.7. The fourth-order valence-electron chi connectivity index (χ4n) is 9.97. The van der Waals surface area contributed by atoms with E-state index in [-0.39, 0.29) is 54.4 Å². The molecule has 1 aliphatic carbocycles. The third-order valence-corrected chi connectivity index (χ3v) is 13.4. The van der Waals surface area contributed by atoms with E-state index in [1.165, 1.54) is 11.1 Å². The molecule has 1 saturated carbocycles. The Morgan fingerprint density at radius 3 is 2.40 bits per heavy atom. The lowest BCUT2D eigenvalue weighted by atomic mass is 9.81. The normalized spacial score (nSPS) is 42.5. The van der Waals surface area contributed by atoms with Crippen molar-refractivity contribution in [2.45, 2.75) is 173 Å². The van der Waals surface area contributed by atoms with E-state index in [1.54, 1.807) is 21.3 Å². The molecule has 3 heterocycles. The van der Waals surface area contributed by atoms with Crippen LogP contribution in [-0.4, -0.2) is 111 Å². The smallest absolute Gasteiger partial charge is 0.169 e. The highest BCUT2D eigenvalue weighted by Gasteiger charge is 2.49.